The van der Waals surface area contributed by atoms with E-state index in [1.54, 1.807) is 12.1 Å². The van der Waals surface area contributed by atoms with E-state index in [0.717, 1.165) is 12.8 Å². The van der Waals surface area contributed by atoms with Gasteiger partial charge in [0.25, 0.3) is 0 Å². The molecule has 0 radical (unpaired) electrons. The Hall–Kier alpha value is -1.33. The Labute approximate surface area is 111 Å². The molecule has 1 fully saturated rings. The maximum Gasteiger partial charge on any atom is 0.234 e. The number of halogens is 1. The first-order chi connectivity index (χ1) is 8.54. The van der Waals surface area contributed by atoms with Crippen molar-refractivity contribution in [2.45, 2.75) is 25.4 Å². The van der Waals surface area contributed by atoms with Crippen LogP contribution in [-0.4, -0.2) is 35.4 Å². The number of carbonyl (C=O) groups excluding carboxylic acids is 1. The van der Waals surface area contributed by atoms with Gasteiger partial charge in [-0.2, -0.15) is 0 Å². The summed E-state index contributed by atoms with van der Waals surface area (Å²) in [6, 6.07) is 3.77. The number of nitrogens with one attached hydrogen (secondary N) is 1. The second-order valence-electron chi connectivity index (χ2n) is 4.68. The minimum absolute atomic E-state index is 0.0417. The van der Waals surface area contributed by atoms with Crippen molar-refractivity contribution in [3.05, 3.63) is 22.8 Å². The van der Waals surface area contributed by atoms with Gasteiger partial charge in [0.05, 0.1) is 17.3 Å². The quantitative estimate of drug-likeness (QED) is 0.837. The molecule has 2 rings (SSSR count). The average molecular weight is 269 g/mol. The SMILES string of the molecule is CN(CC(=O)NC1CC1)Cc1nc(N)ccc1Cl. The Bertz CT molecular complexity index is 448. The molecule has 0 unspecified atom stereocenters. The number of hydrogen-bond acceptors (Lipinski definition) is 4. The van der Waals surface area contributed by atoms with E-state index in [1.807, 2.05) is 11.9 Å². The van der Waals surface area contributed by atoms with Crippen molar-refractivity contribution in [3.63, 3.8) is 0 Å². The van der Waals surface area contributed by atoms with Gasteiger partial charge >= 0.3 is 0 Å². The molecule has 0 bridgehead atoms. The first-order valence-electron chi connectivity index (χ1n) is 5.93. The molecule has 1 aromatic rings. The Morgan fingerprint density at radius 2 is 2.33 bits per heavy atom. The van der Waals surface area contributed by atoms with Gasteiger partial charge in [-0.25, -0.2) is 4.98 Å². The molecule has 0 spiro atoms. The number of aromatic nitrogens is 1. The molecule has 5 nitrogen and oxygen atoms in total. The highest BCUT2D eigenvalue weighted by Gasteiger charge is 2.23. The topological polar surface area (TPSA) is 71.2 Å². The number of carbonyl (C=O) groups is 1. The number of nitrogens with two attached hydrogens (primary N) is 1. The summed E-state index contributed by atoms with van der Waals surface area (Å²) in [5.74, 6) is 0.477. The number of anilines is 1. The zero-order valence-corrected chi connectivity index (χ0v) is 11.1. The summed E-state index contributed by atoms with van der Waals surface area (Å²) in [7, 11) is 1.85. The van der Waals surface area contributed by atoms with Crippen molar-refractivity contribution in [2.75, 3.05) is 19.3 Å². The summed E-state index contributed by atoms with van der Waals surface area (Å²) in [6.45, 7) is 0.839. The standard InChI is InChI=1S/C12H17ClN4O/c1-17(7-12(18)15-8-2-3-8)6-10-9(13)4-5-11(14)16-10/h4-5,8H,2-3,6-7H2,1H3,(H2,14,16)(H,15,18). The van der Waals surface area contributed by atoms with Gasteiger partial charge < -0.3 is 11.1 Å². The van der Waals surface area contributed by atoms with Gasteiger partial charge in [-0.3, -0.25) is 9.69 Å². The lowest BCUT2D eigenvalue weighted by Gasteiger charge is -2.16. The molecule has 1 amide bonds. The maximum absolute atomic E-state index is 11.6. The monoisotopic (exact) mass is 268 g/mol. The molecule has 6 heteroatoms. The molecule has 1 saturated carbocycles. The van der Waals surface area contributed by atoms with Crippen LogP contribution in [0.15, 0.2) is 12.1 Å². The summed E-state index contributed by atoms with van der Waals surface area (Å²) >= 11 is 6.03. The molecule has 0 aliphatic heterocycles. The molecule has 1 heterocycles. The Kier molecular flexibility index (Phi) is 4.04. The summed E-state index contributed by atoms with van der Waals surface area (Å²) in [4.78, 5) is 17.6. The molecule has 0 saturated heterocycles. The van der Waals surface area contributed by atoms with Crippen molar-refractivity contribution in [2.24, 2.45) is 0 Å². The van der Waals surface area contributed by atoms with E-state index in [4.69, 9.17) is 17.3 Å². The van der Waals surface area contributed by atoms with Crippen LogP contribution in [0.25, 0.3) is 0 Å². The molecule has 0 atom stereocenters. The van der Waals surface area contributed by atoms with Crippen LogP contribution in [0, 0.1) is 0 Å². The van der Waals surface area contributed by atoms with Crippen molar-refractivity contribution in [1.29, 1.82) is 0 Å². The highest BCUT2D eigenvalue weighted by atomic mass is 35.5. The molecule has 0 aromatic carbocycles. The molecular weight excluding hydrogens is 252 g/mol. The largest absolute Gasteiger partial charge is 0.384 e. The fraction of sp³-hybridized carbons (Fsp3) is 0.500. The fourth-order valence-electron chi connectivity index (χ4n) is 1.67. The van der Waals surface area contributed by atoms with E-state index in [2.05, 4.69) is 10.3 Å². The Morgan fingerprint density at radius 1 is 1.61 bits per heavy atom. The lowest BCUT2D eigenvalue weighted by molar-refractivity contribution is -0.122. The van der Waals surface area contributed by atoms with E-state index in [-0.39, 0.29) is 5.91 Å². The number of nitrogens with zero attached hydrogens (tertiary/aromatic N) is 2. The van der Waals surface area contributed by atoms with Crippen LogP contribution in [0.3, 0.4) is 0 Å². The lowest BCUT2D eigenvalue weighted by atomic mass is 10.3. The zero-order chi connectivity index (χ0) is 13.1. The first-order valence-corrected chi connectivity index (χ1v) is 6.31. The van der Waals surface area contributed by atoms with Crippen molar-refractivity contribution < 1.29 is 4.79 Å². The van der Waals surface area contributed by atoms with E-state index < -0.39 is 0 Å². The van der Waals surface area contributed by atoms with Crippen LogP contribution >= 0.6 is 11.6 Å². The second-order valence-corrected chi connectivity index (χ2v) is 5.09. The third-order valence-corrected chi connectivity index (χ3v) is 3.06. The molecule has 3 N–H and O–H groups in total. The first kappa shape index (κ1) is 13.1. The van der Waals surface area contributed by atoms with Gasteiger partial charge in [0.15, 0.2) is 0 Å². The van der Waals surface area contributed by atoms with Crippen molar-refractivity contribution in [1.82, 2.24) is 15.2 Å². The number of rotatable bonds is 5. The highest BCUT2D eigenvalue weighted by molar-refractivity contribution is 6.31. The van der Waals surface area contributed by atoms with Crippen LogP contribution in [0.5, 0.6) is 0 Å². The van der Waals surface area contributed by atoms with Gasteiger partial charge in [-0.05, 0) is 32.0 Å². The lowest BCUT2D eigenvalue weighted by Crippen LogP contribution is -2.36. The predicted octanol–water partition coefficient (Wildman–Crippen LogP) is 1.03. The molecule has 1 aliphatic carbocycles. The fourth-order valence-corrected chi connectivity index (χ4v) is 1.83. The number of pyridine rings is 1. The van der Waals surface area contributed by atoms with E-state index in [9.17, 15) is 4.79 Å². The molecule has 1 aliphatic rings. The summed E-state index contributed by atoms with van der Waals surface area (Å²) < 4.78 is 0. The normalized spacial score (nSPS) is 14.8. The van der Waals surface area contributed by atoms with Gasteiger partial charge in [0.1, 0.15) is 5.82 Å². The van der Waals surface area contributed by atoms with Crippen molar-refractivity contribution >= 4 is 23.3 Å². The predicted molar refractivity (Wildman–Crippen MR) is 71.2 cm³/mol. The van der Waals surface area contributed by atoms with Crippen LogP contribution in [-0.2, 0) is 11.3 Å². The van der Waals surface area contributed by atoms with Gasteiger partial charge in [0, 0.05) is 12.6 Å². The molecule has 1 aromatic heterocycles. The number of amides is 1. The van der Waals surface area contributed by atoms with E-state index >= 15 is 0 Å². The van der Waals surface area contributed by atoms with Gasteiger partial charge in [0.2, 0.25) is 5.91 Å². The second kappa shape index (κ2) is 5.54. The average Bonchev–Trinajstić information content (AvgIpc) is 3.07. The van der Waals surface area contributed by atoms with Gasteiger partial charge in [-0.15, -0.1) is 0 Å². The van der Waals surface area contributed by atoms with E-state index in [0.29, 0.717) is 35.7 Å². The molecular formula is C12H17ClN4O. The minimum atomic E-state index is 0.0417. The summed E-state index contributed by atoms with van der Waals surface area (Å²) in [6.07, 6.45) is 2.19. The van der Waals surface area contributed by atoms with Gasteiger partial charge in [-0.1, -0.05) is 11.6 Å². The van der Waals surface area contributed by atoms with Crippen LogP contribution in [0.1, 0.15) is 18.5 Å². The van der Waals surface area contributed by atoms with Crippen LogP contribution in [0.2, 0.25) is 5.02 Å². The molecule has 98 valence electrons. The van der Waals surface area contributed by atoms with Crippen LogP contribution in [0.4, 0.5) is 5.82 Å². The third-order valence-electron chi connectivity index (χ3n) is 2.72. The number of likely N-dealkylation sites (N-methyl/N-ethyl adjacent to an activating group) is 1. The maximum atomic E-state index is 11.6. The summed E-state index contributed by atoms with van der Waals surface area (Å²) in [5, 5.41) is 3.51. The van der Waals surface area contributed by atoms with Crippen molar-refractivity contribution in [3.8, 4) is 0 Å². The van der Waals surface area contributed by atoms with Crippen LogP contribution < -0.4 is 11.1 Å². The number of nitrogen functional groups attached to an aromatic ring is 1. The summed E-state index contributed by atoms with van der Waals surface area (Å²) in [5.41, 5.74) is 6.30. The Balaban J connectivity index is 1.87. The Morgan fingerprint density at radius 3 is 3.00 bits per heavy atom. The van der Waals surface area contributed by atoms with E-state index in [1.165, 1.54) is 0 Å². The molecule has 18 heavy (non-hydrogen) atoms. The highest BCUT2D eigenvalue weighted by Crippen LogP contribution is 2.19. The minimum Gasteiger partial charge on any atom is -0.384 e. The zero-order valence-electron chi connectivity index (χ0n) is 10.3. The number of hydrogen-bond donors (Lipinski definition) is 2. The third kappa shape index (κ3) is 3.85. The smallest absolute Gasteiger partial charge is 0.234 e.